The first-order chi connectivity index (χ1) is 11.2. The molecule has 24 heavy (non-hydrogen) atoms. The predicted octanol–water partition coefficient (Wildman–Crippen LogP) is 2.88. The average molecular weight is 338 g/mol. The molecule has 6 nitrogen and oxygen atoms in total. The molecule has 0 amide bonds. The standard InChI is InChI=1S/C17H23FN2O4/c1-17(2,21)10-19-11-3-4-12(19)8-14(7-11)24-16-6-5-13(20(22)23)9-15(16)18/h5-6,9,11-12,14,21H,3-4,7-8,10H2,1-2H3/t11-,12+,14?. The normalized spacial score (nSPS) is 27.2. The molecule has 2 aliphatic heterocycles. The zero-order valence-corrected chi connectivity index (χ0v) is 13.9. The minimum atomic E-state index is -0.737. The second kappa shape index (κ2) is 6.29. The Labute approximate surface area is 140 Å². The van der Waals surface area contributed by atoms with Crippen LogP contribution in [0.1, 0.15) is 39.5 Å². The fourth-order valence-corrected chi connectivity index (χ4v) is 3.90. The van der Waals surface area contributed by atoms with Gasteiger partial charge in [0.1, 0.15) is 6.10 Å². The summed E-state index contributed by atoms with van der Waals surface area (Å²) in [5.74, 6) is -0.628. The molecule has 2 fully saturated rings. The smallest absolute Gasteiger partial charge is 0.272 e. The molecule has 1 aromatic rings. The van der Waals surface area contributed by atoms with Crippen molar-refractivity contribution in [3.8, 4) is 5.75 Å². The number of ether oxygens (including phenoxy) is 1. The number of hydrogen-bond acceptors (Lipinski definition) is 5. The van der Waals surface area contributed by atoms with Crippen molar-refractivity contribution in [3.63, 3.8) is 0 Å². The van der Waals surface area contributed by atoms with Gasteiger partial charge in [-0.05, 0) is 45.6 Å². The van der Waals surface area contributed by atoms with E-state index in [-0.39, 0.29) is 17.5 Å². The van der Waals surface area contributed by atoms with E-state index in [9.17, 15) is 19.6 Å². The highest BCUT2D eigenvalue weighted by Gasteiger charge is 2.43. The van der Waals surface area contributed by atoms with Crippen LogP contribution in [-0.4, -0.2) is 45.3 Å². The quantitative estimate of drug-likeness (QED) is 0.660. The first-order valence-electron chi connectivity index (χ1n) is 8.31. The molecule has 3 atom stereocenters. The number of aliphatic hydroxyl groups is 1. The maximum absolute atomic E-state index is 14.0. The van der Waals surface area contributed by atoms with Crippen molar-refractivity contribution in [3.05, 3.63) is 34.1 Å². The molecule has 2 bridgehead atoms. The van der Waals surface area contributed by atoms with Crippen LogP contribution in [-0.2, 0) is 0 Å². The third-order valence-electron chi connectivity index (χ3n) is 4.83. The second-order valence-electron chi connectivity index (χ2n) is 7.45. The van der Waals surface area contributed by atoms with Gasteiger partial charge in [0.25, 0.3) is 5.69 Å². The number of non-ortho nitro benzene ring substituents is 1. The summed E-state index contributed by atoms with van der Waals surface area (Å²) in [7, 11) is 0. The summed E-state index contributed by atoms with van der Waals surface area (Å²) in [5.41, 5.74) is -1.01. The van der Waals surface area contributed by atoms with E-state index >= 15 is 0 Å². The lowest BCUT2D eigenvalue weighted by Gasteiger charge is -2.41. The molecule has 2 heterocycles. The van der Waals surface area contributed by atoms with Crippen LogP contribution in [0.15, 0.2) is 18.2 Å². The Balaban J connectivity index is 1.66. The zero-order chi connectivity index (χ0) is 17.5. The molecular weight excluding hydrogens is 315 g/mol. The maximum Gasteiger partial charge on any atom is 0.272 e. The molecule has 0 aliphatic carbocycles. The lowest BCUT2D eigenvalue weighted by atomic mass is 9.97. The summed E-state index contributed by atoms with van der Waals surface area (Å²) in [5, 5.41) is 20.7. The molecule has 0 spiro atoms. The predicted molar refractivity (Wildman–Crippen MR) is 86.5 cm³/mol. The number of nitro groups is 1. The van der Waals surface area contributed by atoms with Crippen LogP contribution in [0.4, 0.5) is 10.1 Å². The Morgan fingerprint density at radius 1 is 1.38 bits per heavy atom. The third kappa shape index (κ3) is 3.67. The van der Waals surface area contributed by atoms with Crippen LogP contribution in [0.5, 0.6) is 5.75 Å². The van der Waals surface area contributed by atoms with Crippen molar-refractivity contribution in [1.29, 1.82) is 0 Å². The lowest BCUT2D eigenvalue weighted by molar-refractivity contribution is -0.385. The van der Waals surface area contributed by atoms with Gasteiger partial charge in [0.05, 0.1) is 16.6 Å². The number of halogens is 1. The molecule has 7 heteroatoms. The first-order valence-corrected chi connectivity index (χ1v) is 8.31. The van der Waals surface area contributed by atoms with Gasteiger partial charge in [-0.2, -0.15) is 0 Å². The Morgan fingerprint density at radius 3 is 2.50 bits per heavy atom. The Morgan fingerprint density at radius 2 is 2.00 bits per heavy atom. The maximum atomic E-state index is 14.0. The van der Waals surface area contributed by atoms with Crippen molar-refractivity contribution in [2.24, 2.45) is 0 Å². The minimum Gasteiger partial charge on any atom is -0.487 e. The van der Waals surface area contributed by atoms with Crippen LogP contribution >= 0.6 is 0 Å². The number of fused-ring (bicyclic) bond motifs is 2. The monoisotopic (exact) mass is 338 g/mol. The molecule has 2 aliphatic rings. The van der Waals surface area contributed by atoms with Gasteiger partial charge in [0.2, 0.25) is 0 Å². The van der Waals surface area contributed by atoms with Crippen LogP contribution in [0.3, 0.4) is 0 Å². The summed E-state index contributed by atoms with van der Waals surface area (Å²) in [6.07, 6.45) is 3.58. The summed E-state index contributed by atoms with van der Waals surface area (Å²) < 4.78 is 19.8. The van der Waals surface area contributed by atoms with Crippen molar-refractivity contribution >= 4 is 5.69 Å². The van der Waals surface area contributed by atoms with Gasteiger partial charge in [-0.3, -0.25) is 15.0 Å². The van der Waals surface area contributed by atoms with Gasteiger partial charge < -0.3 is 9.84 Å². The molecule has 3 rings (SSSR count). The summed E-state index contributed by atoms with van der Waals surface area (Å²) in [4.78, 5) is 12.4. The van der Waals surface area contributed by atoms with E-state index < -0.39 is 16.3 Å². The molecule has 1 N–H and O–H groups in total. The number of benzene rings is 1. The van der Waals surface area contributed by atoms with Crippen molar-refractivity contribution in [1.82, 2.24) is 4.90 Å². The van der Waals surface area contributed by atoms with Gasteiger partial charge in [-0.1, -0.05) is 0 Å². The molecule has 1 unspecified atom stereocenters. The molecule has 0 saturated carbocycles. The number of piperidine rings is 1. The zero-order valence-electron chi connectivity index (χ0n) is 13.9. The van der Waals surface area contributed by atoms with E-state index in [2.05, 4.69) is 4.90 Å². The fraction of sp³-hybridized carbons (Fsp3) is 0.647. The largest absolute Gasteiger partial charge is 0.487 e. The Hall–Kier alpha value is -1.73. The summed E-state index contributed by atoms with van der Waals surface area (Å²) >= 11 is 0. The van der Waals surface area contributed by atoms with E-state index in [0.29, 0.717) is 18.6 Å². The SMILES string of the molecule is CC(C)(O)CN1[C@@H]2CC[C@H]1CC(Oc1ccc([N+](=O)[O-])cc1F)C2. The second-order valence-corrected chi connectivity index (χ2v) is 7.45. The van der Waals surface area contributed by atoms with E-state index in [1.807, 2.05) is 0 Å². The molecule has 2 saturated heterocycles. The molecule has 0 aromatic heterocycles. The highest BCUT2D eigenvalue weighted by Crippen LogP contribution is 2.38. The first kappa shape index (κ1) is 17.1. The number of nitrogens with zero attached hydrogens (tertiary/aromatic N) is 2. The van der Waals surface area contributed by atoms with E-state index in [1.165, 1.54) is 12.1 Å². The Bertz CT molecular complexity index is 618. The molecule has 0 radical (unpaired) electrons. The average Bonchev–Trinajstić information content (AvgIpc) is 2.70. The number of nitro benzene ring substituents is 1. The minimum absolute atomic E-state index is 0.0703. The van der Waals surface area contributed by atoms with E-state index in [1.54, 1.807) is 13.8 Å². The highest BCUT2D eigenvalue weighted by atomic mass is 19.1. The van der Waals surface area contributed by atoms with E-state index in [4.69, 9.17) is 4.74 Å². The van der Waals surface area contributed by atoms with Gasteiger partial charge in [0, 0.05) is 24.7 Å². The van der Waals surface area contributed by atoms with Crippen molar-refractivity contribution < 1.29 is 19.2 Å². The van der Waals surface area contributed by atoms with Gasteiger partial charge >= 0.3 is 0 Å². The summed E-state index contributed by atoms with van der Waals surface area (Å²) in [6, 6.07) is 4.16. The Kier molecular flexibility index (Phi) is 4.48. The molecule has 1 aromatic carbocycles. The topological polar surface area (TPSA) is 75.8 Å². The number of rotatable bonds is 5. The van der Waals surface area contributed by atoms with Gasteiger partial charge in [-0.15, -0.1) is 0 Å². The van der Waals surface area contributed by atoms with Crippen molar-refractivity contribution in [2.75, 3.05) is 6.54 Å². The van der Waals surface area contributed by atoms with Gasteiger partial charge in [0.15, 0.2) is 11.6 Å². The highest BCUT2D eigenvalue weighted by molar-refractivity contribution is 5.37. The van der Waals surface area contributed by atoms with Crippen LogP contribution < -0.4 is 4.74 Å². The van der Waals surface area contributed by atoms with Crippen LogP contribution in [0.2, 0.25) is 0 Å². The van der Waals surface area contributed by atoms with Crippen LogP contribution in [0.25, 0.3) is 0 Å². The van der Waals surface area contributed by atoms with E-state index in [0.717, 1.165) is 31.7 Å². The molecule has 132 valence electrons. The van der Waals surface area contributed by atoms with Crippen LogP contribution in [0, 0.1) is 15.9 Å². The lowest BCUT2D eigenvalue weighted by Crippen LogP contribution is -2.51. The van der Waals surface area contributed by atoms with Crippen molar-refractivity contribution in [2.45, 2.75) is 63.3 Å². The summed E-state index contributed by atoms with van der Waals surface area (Å²) in [6.45, 7) is 4.24. The van der Waals surface area contributed by atoms with Gasteiger partial charge in [-0.25, -0.2) is 4.39 Å². The third-order valence-corrected chi connectivity index (χ3v) is 4.83. The number of hydrogen-bond donors (Lipinski definition) is 1. The fourth-order valence-electron chi connectivity index (χ4n) is 3.90. The molecular formula is C17H23FN2O4.